The Balaban J connectivity index is 2.56. The van der Waals surface area contributed by atoms with E-state index in [9.17, 15) is 5.11 Å². The number of aliphatic hydroxyl groups is 1. The largest absolute Gasteiger partial charge is 0.497 e. The van der Waals surface area contributed by atoms with Gasteiger partial charge in [0.2, 0.25) is 0 Å². The average Bonchev–Trinajstić information content (AvgIpc) is 2.33. The summed E-state index contributed by atoms with van der Waals surface area (Å²) in [6.45, 7) is 6.99. The van der Waals surface area contributed by atoms with Gasteiger partial charge in [0.25, 0.3) is 0 Å². The molecule has 0 amide bonds. The molecule has 0 aliphatic carbocycles. The molecule has 0 heterocycles. The van der Waals surface area contributed by atoms with E-state index in [0.717, 1.165) is 25.0 Å². The average molecular weight is 250 g/mol. The van der Waals surface area contributed by atoms with Crippen molar-refractivity contribution in [3.8, 4) is 5.75 Å². The van der Waals surface area contributed by atoms with Crippen molar-refractivity contribution in [3.05, 3.63) is 29.8 Å². The van der Waals surface area contributed by atoms with Gasteiger partial charge in [-0.15, -0.1) is 0 Å². The molecule has 0 saturated carbocycles. The molecule has 1 aromatic carbocycles. The fraction of sp³-hybridized carbons (Fsp3) is 0.625. The molecular formula is C16H26O2. The summed E-state index contributed by atoms with van der Waals surface area (Å²) < 4.78 is 5.22. The number of hydrogen-bond acceptors (Lipinski definition) is 2. The number of hydrogen-bond donors (Lipinski definition) is 1. The van der Waals surface area contributed by atoms with Crippen molar-refractivity contribution in [1.82, 2.24) is 0 Å². The van der Waals surface area contributed by atoms with Crippen molar-refractivity contribution >= 4 is 0 Å². The molecule has 1 atom stereocenters. The minimum Gasteiger partial charge on any atom is -0.497 e. The van der Waals surface area contributed by atoms with Gasteiger partial charge in [0, 0.05) is 6.61 Å². The van der Waals surface area contributed by atoms with Crippen molar-refractivity contribution in [1.29, 1.82) is 0 Å². The van der Waals surface area contributed by atoms with E-state index in [2.05, 4.69) is 32.9 Å². The Kier molecular flexibility index (Phi) is 5.67. The summed E-state index contributed by atoms with van der Waals surface area (Å²) in [7, 11) is 1.68. The molecule has 2 nitrogen and oxygen atoms in total. The third-order valence-electron chi connectivity index (χ3n) is 3.22. The maximum Gasteiger partial charge on any atom is 0.119 e. The number of benzene rings is 1. The first-order valence-corrected chi connectivity index (χ1v) is 6.68. The van der Waals surface area contributed by atoms with Gasteiger partial charge in [-0.05, 0) is 48.3 Å². The van der Waals surface area contributed by atoms with Crippen LogP contribution in [-0.2, 0) is 6.42 Å². The van der Waals surface area contributed by atoms with Gasteiger partial charge in [-0.1, -0.05) is 32.9 Å². The number of rotatable bonds is 6. The van der Waals surface area contributed by atoms with Crippen LogP contribution in [0.4, 0.5) is 0 Å². The fourth-order valence-electron chi connectivity index (χ4n) is 2.03. The molecular weight excluding hydrogens is 224 g/mol. The molecule has 0 aliphatic heterocycles. The predicted octanol–water partition coefficient (Wildman–Crippen LogP) is 3.67. The van der Waals surface area contributed by atoms with Crippen LogP contribution in [0.5, 0.6) is 5.75 Å². The van der Waals surface area contributed by atoms with Crippen LogP contribution >= 0.6 is 0 Å². The molecule has 0 aliphatic rings. The second kappa shape index (κ2) is 6.79. The van der Waals surface area contributed by atoms with Crippen LogP contribution in [0.2, 0.25) is 0 Å². The van der Waals surface area contributed by atoms with Gasteiger partial charge >= 0.3 is 0 Å². The molecule has 0 bridgehead atoms. The van der Waals surface area contributed by atoms with Crippen LogP contribution in [-0.4, -0.2) is 18.8 Å². The Bertz CT molecular complexity index is 352. The Morgan fingerprint density at radius 1 is 1.28 bits per heavy atom. The molecule has 1 unspecified atom stereocenters. The molecule has 0 aromatic heterocycles. The summed E-state index contributed by atoms with van der Waals surface area (Å²) in [4.78, 5) is 0. The number of aliphatic hydroxyl groups excluding tert-OH is 1. The van der Waals surface area contributed by atoms with Crippen molar-refractivity contribution in [3.63, 3.8) is 0 Å². The molecule has 1 N–H and O–H groups in total. The minimum atomic E-state index is 0.257. The smallest absolute Gasteiger partial charge is 0.119 e. The lowest BCUT2D eigenvalue weighted by Gasteiger charge is -2.22. The van der Waals surface area contributed by atoms with Gasteiger partial charge in [0.1, 0.15) is 5.75 Å². The first kappa shape index (κ1) is 15.0. The van der Waals surface area contributed by atoms with Gasteiger partial charge in [0.15, 0.2) is 0 Å². The fourth-order valence-corrected chi connectivity index (χ4v) is 2.03. The standard InChI is InChI=1S/C16H26O2/c1-16(2,3)9-8-14(12-17)10-13-6-5-7-15(11-13)18-4/h5-7,11,14,17H,8-10,12H2,1-4H3. The van der Waals surface area contributed by atoms with Gasteiger partial charge in [-0.25, -0.2) is 0 Å². The lowest BCUT2D eigenvalue weighted by atomic mass is 9.85. The Labute approximate surface area is 111 Å². The zero-order valence-electron chi connectivity index (χ0n) is 12.1. The first-order chi connectivity index (χ1) is 8.44. The lowest BCUT2D eigenvalue weighted by Crippen LogP contribution is -2.14. The summed E-state index contributed by atoms with van der Waals surface area (Å²) in [6, 6.07) is 8.11. The highest BCUT2D eigenvalue weighted by Gasteiger charge is 2.15. The van der Waals surface area contributed by atoms with E-state index < -0.39 is 0 Å². The second-order valence-electron chi connectivity index (χ2n) is 6.20. The van der Waals surface area contributed by atoms with E-state index in [1.807, 2.05) is 12.1 Å². The number of methoxy groups -OCH3 is 1. The highest BCUT2D eigenvalue weighted by atomic mass is 16.5. The third kappa shape index (κ3) is 5.54. The Morgan fingerprint density at radius 2 is 2.00 bits per heavy atom. The zero-order valence-corrected chi connectivity index (χ0v) is 12.1. The van der Waals surface area contributed by atoms with Crippen LogP contribution in [0.1, 0.15) is 39.2 Å². The lowest BCUT2D eigenvalue weighted by molar-refractivity contribution is 0.200. The molecule has 0 fully saturated rings. The van der Waals surface area contributed by atoms with E-state index in [4.69, 9.17) is 4.74 Å². The maximum atomic E-state index is 9.48. The highest BCUT2D eigenvalue weighted by Crippen LogP contribution is 2.25. The summed E-state index contributed by atoms with van der Waals surface area (Å²) in [5.41, 5.74) is 1.57. The van der Waals surface area contributed by atoms with Gasteiger partial charge in [-0.2, -0.15) is 0 Å². The van der Waals surface area contributed by atoms with E-state index >= 15 is 0 Å². The Hall–Kier alpha value is -1.02. The molecule has 1 rings (SSSR count). The molecule has 102 valence electrons. The normalized spacial score (nSPS) is 13.4. The van der Waals surface area contributed by atoms with Crippen molar-refractivity contribution < 1.29 is 9.84 Å². The summed E-state index contributed by atoms with van der Waals surface area (Å²) in [5.74, 6) is 1.23. The molecule has 1 aromatic rings. The first-order valence-electron chi connectivity index (χ1n) is 6.68. The molecule has 0 saturated heterocycles. The molecule has 18 heavy (non-hydrogen) atoms. The number of ether oxygens (including phenoxy) is 1. The monoisotopic (exact) mass is 250 g/mol. The zero-order chi connectivity index (χ0) is 13.6. The van der Waals surface area contributed by atoms with Crippen LogP contribution in [0.15, 0.2) is 24.3 Å². The van der Waals surface area contributed by atoms with Crippen molar-refractivity contribution in [2.45, 2.75) is 40.0 Å². The summed E-state index contributed by atoms with van der Waals surface area (Å²) in [5, 5.41) is 9.48. The van der Waals surface area contributed by atoms with E-state index in [-0.39, 0.29) is 6.61 Å². The summed E-state index contributed by atoms with van der Waals surface area (Å²) in [6.07, 6.45) is 3.13. The van der Waals surface area contributed by atoms with E-state index in [0.29, 0.717) is 11.3 Å². The van der Waals surface area contributed by atoms with Gasteiger partial charge < -0.3 is 9.84 Å². The summed E-state index contributed by atoms with van der Waals surface area (Å²) >= 11 is 0. The highest BCUT2D eigenvalue weighted by molar-refractivity contribution is 5.28. The molecule has 0 spiro atoms. The van der Waals surface area contributed by atoms with Crippen molar-refractivity contribution in [2.75, 3.05) is 13.7 Å². The third-order valence-corrected chi connectivity index (χ3v) is 3.22. The van der Waals surface area contributed by atoms with E-state index in [1.165, 1.54) is 5.56 Å². The van der Waals surface area contributed by atoms with E-state index in [1.54, 1.807) is 7.11 Å². The maximum absolute atomic E-state index is 9.48. The van der Waals surface area contributed by atoms with Gasteiger partial charge in [0.05, 0.1) is 7.11 Å². The van der Waals surface area contributed by atoms with Crippen LogP contribution in [0.3, 0.4) is 0 Å². The minimum absolute atomic E-state index is 0.257. The predicted molar refractivity (Wildman–Crippen MR) is 76.0 cm³/mol. The topological polar surface area (TPSA) is 29.5 Å². The van der Waals surface area contributed by atoms with Crippen LogP contribution in [0.25, 0.3) is 0 Å². The van der Waals surface area contributed by atoms with Crippen LogP contribution < -0.4 is 4.74 Å². The second-order valence-corrected chi connectivity index (χ2v) is 6.20. The SMILES string of the molecule is COc1cccc(CC(CO)CCC(C)(C)C)c1. The van der Waals surface area contributed by atoms with Gasteiger partial charge in [-0.3, -0.25) is 0 Å². The van der Waals surface area contributed by atoms with Crippen molar-refractivity contribution in [2.24, 2.45) is 11.3 Å². The quantitative estimate of drug-likeness (QED) is 0.834. The molecule has 2 heteroatoms. The Morgan fingerprint density at radius 3 is 2.56 bits per heavy atom. The van der Waals surface area contributed by atoms with Crippen LogP contribution in [0, 0.1) is 11.3 Å². The molecule has 0 radical (unpaired) electrons.